The summed E-state index contributed by atoms with van der Waals surface area (Å²) in [5, 5.41) is 9.61. The van der Waals surface area contributed by atoms with Crippen LogP contribution in [0.15, 0.2) is 53.5 Å². The van der Waals surface area contributed by atoms with Crippen LogP contribution < -0.4 is 14.2 Å². The molecule has 0 heterocycles. The van der Waals surface area contributed by atoms with Crippen LogP contribution in [-0.4, -0.2) is 45.7 Å². The van der Waals surface area contributed by atoms with Crippen molar-refractivity contribution in [1.82, 2.24) is 0 Å². The van der Waals surface area contributed by atoms with Gasteiger partial charge in [0.2, 0.25) is 5.75 Å². The Kier molecular flexibility index (Phi) is 5.59. The molecule has 0 spiro atoms. The van der Waals surface area contributed by atoms with Gasteiger partial charge in [-0.25, -0.2) is 8.42 Å². The van der Waals surface area contributed by atoms with Gasteiger partial charge in [0.1, 0.15) is 10.9 Å². The average Bonchev–Trinajstić information content (AvgIpc) is 2.60. The Morgan fingerprint density at radius 3 is 2.16 bits per heavy atom. The van der Waals surface area contributed by atoms with Crippen molar-refractivity contribution in [2.75, 3.05) is 21.3 Å². The van der Waals surface area contributed by atoms with E-state index >= 15 is 0 Å². The van der Waals surface area contributed by atoms with Crippen LogP contribution in [-0.2, 0) is 9.84 Å². The summed E-state index contributed by atoms with van der Waals surface area (Å²) in [7, 11) is 0.321. The Labute approximate surface area is 147 Å². The van der Waals surface area contributed by atoms with Gasteiger partial charge in [0.05, 0.1) is 26.2 Å². The zero-order valence-corrected chi connectivity index (χ0v) is 15.4. The molecule has 1 aliphatic carbocycles. The summed E-state index contributed by atoms with van der Waals surface area (Å²) in [6.07, 6.45) is 9.18. The molecule has 0 fully saturated rings. The molecular weight excluding hydrogens is 344 g/mol. The number of hydrogen-bond donors (Lipinski definition) is 1. The van der Waals surface area contributed by atoms with Gasteiger partial charge < -0.3 is 19.3 Å². The first-order chi connectivity index (χ1) is 11.8. The highest BCUT2D eigenvalue weighted by Crippen LogP contribution is 2.41. The van der Waals surface area contributed by atoms with Crippen LogP contribution >= 0.6 is 0 Å². The van der Waals surface area contributed by atoms with Gasteiger partial charge in [0, 0.05) is 12.1 Å². The number of ether oxygens (including phenoxy) is 3. The zero-order valence-electron chi connectivity index (χ0n) is 14.6. The molecule has 1 aromatic rings. The zero-order chi connectivity index (χ0) is 18.7. The minimum atomic E-state index is -3.94. The molecule has 1 aliphatic rings. The lowest BCUT2D eigenvalue weighted by molar-refractivity contribution is 0.147. The molecular formula is C18H22O6S. The minimum absolute atomic E-state index is 0.0325. The van der Waals surface area contributed by atoms with E-state index in [0.29, 0.717) is 5.75 Å². The molecule has 0 saturated carbocycles. The summed E-state index contributed by atoms with van der Waals surface area (Å²) < 4.78 is 42.0. The van der Waals surface area contributed by atoms with E-state index in [1.165, 1.54) is 51.7 Å². The fourth-order valence-electron chi connectivity index (χ4n) is 2.76. The monoisotopic (exact) mass is 366 g/mol. The van der Waals surface area contributed by atoms with Gasteiger partial charge >= 0.3 is 0 Å². The molecule has 2 atom stereocenters. The minimum Gasteiger partial charge on any atom is -0.493 e. The number of methoxy groups -OCH3 is 3. The molecule has 1 aromatic carbocycles. The third-order valence-corrected chi connectivity index (χ3v) is 6.05. The molecule has 136 valence electrons. The number of hydrogen-bond acceptors (Lipinski definition) is 6. The fraction of sp³-hybridized carbons (Fsp3) is 0.333. The normalized spacial score (nSPS) is 23.0. The van der Waals surface area contributed by atoms with Gasteiger partial charge in [0.25, 0.3) is 0 Å². The lowest BCUT2D eigenvalue weighted by atomic mass is 9.94. The molecule has 0 bridgehead atoms. The number of benzene rings is 1. The topological polar surface area (TPSA) is 82.1 Å². The lowest BCUT2D eigenvalue weighted by Crippen LogP contribution is -2.43. The Morgan fingerprint density at radius 1 is 1.08 bits per heavy atom. The van der Waals surface area contributed by atoms with Crippen molar-refractivity contribution >= 4 is 9.84 Å². The molecule has 0 amide bonds. The van der Waals surface area contributed by atoms with Gasteiger partial charge in [-0.1, -0.05) is 30.4 Å². The van der Waals surface area contributed by atoms with Crippen LogP contribution in [0.25, 0.3) is 0 Å². The maximum absolute atomic E-state index is 13.2. The van der Waals surface area contributed by atoms with Gasteiger partial charge in [-0.3, -0.25) is 0 Å². The summed E-state index contributed by atoms with van der Waals surface area (Å²) >= 11 is 0. The number of rotatable bonds is 6. The number of sulfone groups is 1. The van der Waals surface area contributed by atoms with Crippen molar-refractivity contribution < 1.29 is 27.7 Å². The standard InChI is InChI=1S/C18H22O6S/c1-5-9-18(19)10-7-6-8-16(18)25(20,21)13-11-14(22-2)17(24-4)15(12-13)23-3/h5-12,16,19H,1-4H3. The first-order valence-corrected chi connectivity index (χ1v) is 9.14. The van der Waals surface area contributed by atoms with E-state index in [9.17, 15) is 13.5 Å². The van der Waals surface area contributed by atoms with E-state index in [4.69, 9.17) is 14.2 Å². The molecule has 0 radical (unpaired) electrons. The van der Waals surface area contributed by atoms with Gasteiger partial charge in [-0.15, -0.1) is 0 Å². The van der Waals surface area contributed by atoms with Crippen LogP contribution in [0.4, 0.5) is 0 Å². The van der Waals surface area contributed by atoms with Gasteiger partial charge in [-0.05, 0) is 13.0 Å². The maximum Gasteiger partial charge on any atom is 0.203 e. The van der Waals surface area contributed by atoms with E-state index in [1.54, 1.807) is 25.2 Å². The van der Waals surface area contributed by atoms with Crippen molar-refractivity contribution in [2.45, 2.75) is 22.7 Å². The smallest absolute Gasteiger partial charge is 0.203 e. The highest BCUT2D eigenvalue weighted by Gasteiger charge is 2.42. The summed E-state index contributed by atoms with van der Waals surface area (Å²) in [5.74, 6) is 0.752. The maximum atomic E-state index is 13.2. The van der Waals surface area contributed by atoms with Crippen LogP contribution in [0.3, 0.4) is 0 Å². The second-order valence-corrected chi connectivity index (χ2v) is 7.53. The number of allylic oxidation sites excluding steroid dienone is 3. The third kappa shape index (κ3) is 3.43. The fourth-order valence-corrected chi connectivity index (χ4v) is 4.55. The summed E-state index contributed by atoms with van der Waals surface area (Å²) in [5.41, 5.74) is -1.64. The van der Waals surface area contributed by atoms with E-state index in [2.05, 4.69) is 0 Å². The predicted molar refractivity (Wildman–Crippen MR) is 95.1 cm³/mol. The van der Waals surface area contributed by atoms with Crippen molar-refractivity contribution in [1.29, 1.82) is 0 Å². The first kappa shape index (κ1) is 19.1. The van der Waals surface area contributed by atoms with Crippen molar-refractivity contribution in [2.24, 2.45) is 0 Å². The SMILES string of the molecule is CC=CC1(O)C=CC=CC1S(=O)(=O)c1cc(OC)c(OC)c(OC)c1. The van der Waals surface area contributed by atoms with Crippen molar-refractivity contribution in [3.63, 3.8) is 0 Å². The molecule has 6 nitrogen and oxygen atoms in total. The molecule has 0 saturated heterocycles. The lowest BCUT2D eigenvalue weighted by Gasteiger charge is -2.30. The van der Waals surface area contributed by atoms with Crippen molar-refractivity contribution in [3.05, 3.63) is 48.6 Å². The highest BCUT2D eigenvalue weighted by molar-refractivity contribution is 7.92. The first-order valence-electron chi connectivity index (χ1n) is 7.60. The molecule has 7 heteroatoms. The Bertz CT molecular complexity index is 797. The largest absolute Gasteiger partial charge is 0.493 e. The van der Waals surface area contributed by atoms with Crippen molar-refractivity contribution in [3.8, 4) is 17.2 Å². The molecule has 1 N–H and O–H groups in total. The van der Waals surface area contributed by atoms with E-state index in [1.807, 2.05) is 0 Å². The second kappa shape index (κ2) is 7.33. The summed E-state index contributed by atoms with van der Waals surface area (Å²) in [4.78, 5) is -0.0325. The Balaban J connectivity index is 2.63. The Morgan fingerprint density at radius 2 is 1.68 bits per heavy atom. The second-order valence-electron chi connectivity index (χ2n) is 5.46. The summed E-state index contributed by atoms with van der Waals surface area (Å²) in [6.45, 7) is 1.72. The molecule has 2 rings (SSSR count). The van der Waals surface area contributed by atoms with Crippen LogP contribution in [0.1, 0.15) is 6.92 Å². The van der Waals surface area contributed by atoms with Gasteiger partial charge in [-0.2, -0.15) is 0 Å². The molecule has 2 unspecified atom stereocenters. The van der Waals surface area contributed by atoms with Gasteiger partial charge in [0.15, 0.2) is 21.3 Å². The van der Waals surface area contributed by atoms with Crippen LogP contribution in [0.5, 0.6) is 17.2 Å². The Hall–Kier alpha value is -2.25. The van der Waals surface area contributed by atoms with E-state index in [0.717, 1.165) is 0 Å². The molecule has 0 aromatic heterocycles. The summed E-state index contributed by atoms with van der Waals surface area (Å²) in [6, 6.07) is 2.72. The number of aliphatic hydroxyl groups is 1. The molecule has 0 aliphatic heterocycles. The predicted octanol–water partition coefficient (Wildman–Crippen LogP) is 2.29. The molecule has 25 heavy (non-hydrogen) atoms. The highest BCUT2D eigenvalue weighted by atomic mass is 32.2. The third-order valence-electron chi connectivity index (χ3n) is 3.95. The van der Waals surface area contributed by atoms with Crippen LogP contribution in [0.2, 0.25) is 0 Å². The van der Waals surface area contributed by atoms with E-state index in [-0.39, 0.29) is 16.4 Å². The average molecular weight is 366 g/mol. The quantitative estimate of drug-likeness (QED) is 0.778. The van der Waals surface area contributed by atoms with Crippen LogP contribution in [0, 0.1) is 0 Å². The van der Waals surface area contributed by atoms with E-state index < -0.39 is 20.7 Å².